The van der Waals surface area contributed by atoms with E-state index in [1.807, 2.05) is 6.08 Å². The number of nitrogens with zero attached hydrogens (tertiary/aromatic N) is 1. The van der Waals surface area contributed by atoms with Crippen LogP contribution in [0.25, 0.3) is 17.2 Å². The van der Waals surface area contributed by atoms with Gasteiger partial charge in [0.05, 0.1) is 0 Å². The summed E-state index contributed by atoms with van der Waals surface area (Å²) in [6.45, 7) is 14.8. The van der Waals surface area contributed by atoms with Crippen LogP contribution in [0, 0.1) is 12.8 Å². The van der Waals surface area contributed by atoms with Gasteiger partial charge in [-0.3, -0.25) is 0 Å². The summed E-state index contributed by atoms with van der Waals surface area (Å²) in [5, 5.41) is 0. The van der Waals surface area contributed by atoms with Gasteiger partial charge in [0.2, 0.25) is 0 Å². The van der Waals surface area contributed by atoms with Gasteiger partial charge in [0, 0.05) is 6.54 Å². The molecule has 2 aromatic carbocycles. The molecule has 0 spiro atoms. The molecule has 1 saturated heterocycles. The van der Waals surface area contributed by atoms with Crippen LogP contribution < -0.4 is 0 Å². The van der Waals surface area contributed by atoms with Crippen molar-refractivity contribution in [3.05, 3.63) is 65.7 Å². The topological polar surface area (TPSA) is 3.24 Å². The molecule has 1 nitrogen and oxygen atoms in total. The van der Waals surface area contributed by atoms with E-state index < -0.39 is 0 Å². The van der Waals surface area contributed by atoms with E-state index in [0.717, 1.165) is 5.92 Å². The average Bonchev–Trinajstić information content (AvgIpc) is 3.19. The molecule has 1 aliphatic heterocycles. The molecule has 3 rings (SSSR count). The fourth-order valence-corrected chi connectivity index (χ4v) is 4.31. The number of aryl methyl sites for hydroxylation is 1. The monoisotopic (exact) mass is 361 g/mol. The van der Waals surface area contributed by atoms with Crippen molar-refractivity contribution in [2.75, 3.05) is 19.6 Å². The molecule has 0 saturated carbocycles. The molecule has 0 amide bonds. The van der Waals surface area contributed by atoms with E-state index in [4.69, 9.17) is 0 Å². The lowest BCUT2D eigenvalue weighted by atomic mass is 9.90. The number of likely N-dealkylation sites (tertiary alicyclic amines) is 1. The first-order valence-corrected chi connectivity index (χ1v) is 10.6. The summed E-state index contributed by atoms with van der Waals surface area (Å²) in [5.41, 5.74) is 6.59. The van der Waals surface area contributed by atoms with Crippen molar-refractivity contribution in [2.45, 2.75) is 52.4 Å². The van der Waals surface area contributed by atoms with Crippen LogP contribution in [0.2, 0.25) is 0 Å². The lowest BCUT2D eigenvalue weighted by Gasteiger charge is -2.22. The first-order chi connectivity index (χ1) is 13.1. The molecule has 0 N–H and O–H groups in total. The number of hydrogen-bond acceptors (Lipinski definition) is 1. The highest BCUT2D eigenvalue weighted by Crippen LogP contribution is 2.29. The SMILES string of the molecule is C=Cc1ccc(-c2cccc(C(C)CCC(C)CN3CCCC3)c2)cc1C. The Morgan fingerprint density at radius 1 is 1.00 bits per heavy atom. The number of benzene rings is 2. The van der Waals surface area contributed by atoms with E-state index in [2.05, 4.69) is 74.7 Å². The van der Waals surface area contributed by atoms with E-state index in [9.17, 15) is 0 Å². The largest absolute Gasteiger partial charge is 0.303 e. The molecule has 1 heterocycles. The van der Waals surface area contributed by atoms with Crippen LogP contribution in [0.5, 0.6) is 0 Å². The van der Waals surface area contributed by atoms with Gasteiger partial charge in [0.25, 0.3) is 0 Å². The summed E-state index contributed by atoms with van der Waals surface area (Å²) in [5.74, 6) is 1.40. The lowest BCUT2D eigenvalue weighted by Crippen LogP contribution is -2.25. The van der Waals surface area contributed by atoms with Crippen molar-refractivity contribution in [1.82, 2.24) is 4.90 Å². The van der Waals surface area contributed by atoms with Crippen molar-refractivity contribution in [2.24, 2.45) is 5.92 Å². The fraction of sp³-hybridized carbons (Fsp3) is 0.462. The van der Waals surface area contributed by atoms with Crippen molar-refractivity contribution in [3.63, 3.8) is 0 Å². The third kappa shape index (κ3) is 5.32. The summed E-state index contributed by atoms with van der Waals surface area (Å²) in [4.78, 5) is 2.64. The maximum Gasteiger partial charge on any atom is 0.000702 e. The minimum atomic E-state index is 0.611. The van der Waals surface area contributed by atoms with Gasteiger partial charge in [-0.1, -0.05) is 69.0 Å². The zero-order valence-electron chi connectivity index (χ0n) is 17.4. The predicted molar refractivity (Wildman–Crippen MR) is 119 cm³/mol. The zero-order chi connectivity index (χ0) is 19.2. The van der Waals surface area contributed by atoms with E-state index in [-0.39, 0.29) is 0 Å². The smallest absolute Gasteiger partial charge is 0.000702 e. The molecule has 1 aliphatic rings. The molecule has 0 radical (unpaired) electrons. The Morgan fingerprint density at radius 2 is 1.74 bits per heavy atom. The van der Waals surface area contributed by atoms with Gasteiger partial charge in [0.1, 0.15) is 0 Å². The maximum absolute atomic E-state index is 3.90. The minimum absolute atomic E-state index is 0.611. The third-order valence-electron chi connectivity index (χ3n) is 6.14. The predicted octanol–water partition coefficient (Wildman–Crippen LogP) is 6.92. The van der Waals surface area contributed by atoms with Gasteiger partial charge < -0.3 is 4.90 Å². The van der Waals surface area contributed by atoms with Gasteiger partial charge in [-0.2, -0.15) is 0 Å². The second kappa shape index (κ2) is 9.37. The fourth-order valence-electron chi connectivity index (χ4n) is 4.31. The summed E-state index contributed by atoms with van der Waals surface area (Å²) in [7, 11) is 0. The zero-order valence-corrected chi connectivity index (χ0v) is 17.4. The lowest BCUT2D eigenvalue weighted by molar-refractivity contribution is 0.275. The highest BCUT2D eigenvalue weighted by molar-refractivity contribution is 5.68. The second-order valence-electron chi connectivity index (χ2n) is 8.49. The van der Waals surface area contributed by atoms with Crippen LogP contribution in [0.3, 0.4) is 0 Å². The van der Waals surface area contributed by atoms with E-state index in [1.165, 1.54) is 73.1 Å². The van der Waals surface area contributed by atoms with E-state index >= 15 is 0 Å². The van der Waals surface area contributed by atoms with Crippen LogP contribution >= 0.6 is 0 Å². The van der Waals surface area contributed by atoms with Crippen molar-refractivity contribution in [1.29, 1.82) is 0 Å². The van der Waals surface area contributed by atoms with Gasteiger partial charge in [0.15, 0.2) is 0 Å². The normalized spacial score (nSPS) is 17.0. The first kappa shape index (κ1) is 19.9. The van der Waals surface area contributed by atoms with Crippen LogP contribution in [-0.2, 0) is 0 Å². The molecule has 1 heteroatoms. The molecular weight excluding hydrogens is 326 g/mol. The van der Waals surface area contributed by atoms with Crippen molar-refractivity contribution >= 4 is 6.08 Å². The van der Waals surface area contributed by atoms with Crippen LogP contribution in [0.15, 0.2) is 49.0 Å². The average molecular weight is 362 g/mol. The van der Waals surface area contributed by atoms with Gasteiger partial charge in [-0.15, -0.1) is 0 Å². The maximum atomic E-state index is 3.90. The van der Waals surface area contributed by atoms with Crippen molar-refractivity contribution < 1.29 is 0 Å². The molecule has 1 fully saturated rings. The Hall–Kier alpha value is -1.86. The standard InChI is InChI=1S/C26H35N/c1-5-23-13-14-26(17-22(23)4)25-10-8-9-24(18-25)21(3)12-11-20(2)19-27-15-6-7-16-27/h5,8-10,13-14,17-18,20-21H,1,6-7,11-12,15-16,19H2,2-4H3. The molecule has 27 heavy (non-hydrogen) atoms. The van der Waals surface area contributed by atoms with Crippen molar-refractivity contribution in [3.8, 4) is 11.1 Å². The Labute approximate surface area is 166 Å². The van der Waals surface area contributed by atoms with Gasteiger partial charge >= 0.3 is 0 Å². The summed E-state index contributed by atoms with van der Waals surface area (Å²) < 4.78 is 0. The van der Waals surface area contributed by atoms with E-state index in [1.54, 1.807) is 0 Å². The molecule has 2 aromatic rings. The highest BCUT2D eigenvalue weighted by atomic mass is 15.1. The molecule has 0 aromatic heterocycles. The molecule has 2 atom stereocenters. The third-order valence-corrected chi connectivity index (χ3v) is 6.14. The van der Waals surface area contributed by atoms with Gasteiger partial charge in [-0.05, 0) is 85.3 Å². The molecular formula is C26H35N. The Bertz CT molecular complexity index is 755. The van der Waals surface area contributed by atoms with Crippen LogP contribution in [-0.4, -0.2) is 24.5 Å². The second-order valence-corrected chi connectivity index (χ2v) is 8.49. The summed E-state index contributed by atoms with van der Waals surface area (Å²) in [6, 6.07) is 15.8. The summed E-state index contributed by atoms with van der Waals surface area (Å²) in [6.07, 6.45) is 7.30. The van der Waals surface area contributed by atoms with Gasteiger partial charge in [-0.25, -0.2) is 0 Å². The minimum Gasteiger partial charge on any atom is -0.303 e. The Morgan fingerprint density at radius 3 is 2.44 bits per heavy atom. The Kier molecular flexibility index (Phi) is 6.90. The molecule has 144 valence electrons. The highest BCUT2D eigenvalue weighted by Gasteiger charge is 2.16. The van der Waals surface area contributed by atoms with Crippen LogP contribution in [0.4, 0.5) is 0 Å². The Balaban J connectivity index is 1.62. The quantitative estimate of drug-likeness (QED) is 0.493. The number of hydrogen-bond donors (Lipinski definition) is 0. The van der Waals surface area contributed by atoms with E-state index in [0.29, 0.717) is 5.92 Å². The molecule has 0 aliphatic carbocycles. The van der Waals surface area contributed by atoms with Crippen LogP contribution in [0.1, 0.15) is 62.1 Å². The first-order valence-electron chi connectivity index (χ1n) is 10.6. The summed E-state index contributed by atoms with van der Waals surface area (Å²) >= 11 is 0. The molecule has 0 bridgehead atoms. The molecule has 2 unspecified atom stereocenters. The number of rotatable bonds is 8.